The van der Waals surface area contributed by atoms with Gasteiger partial charge in [-0.25, -0.2) is 0 Å². The summed E-state index contributed by atoms with van der Waals surface area (Å²) in [6, 6.07) is 0. The van der Waals surface area contributed by atoms with Gasteiger partial charge in [-0.15, -0.1) is 0 Å². The van der Waals surface area contributed by atoms with Crippen molar-refractivity contribution in [3.05, 3.63) is 11.3 Å². The van der Waals surface area contributed by atoms with E-state index in [9.17, 15) is 71.5 Å². The average Bonchev–Trinajstić information content (AvgIpc) is 3.87. The second-order valence-corrected chi connectivity index (χ2v) is 23.8. The monoisotopic (exact) mass is 1060 g/mol. The molecule has 0 aromatic rings. The Morgan fingerprint density at radius 3 is 1.81 bits per heavy atom. The lowest BCUT2D eigenvalue weighted by molar-refractivity contribution is -0.397. The quantitative estimate of drug-likeness (QED) is 0.0727. The molecule has 14 N–H and O–H groups in total. The van der Waals surface area contributed by atoms with Crippen LogP contribution in [0.4, 0.5) is 0 Å². The molecule has 8 fully saturated rings. The number of allylic oxidation sites excluding steroid dienone is 1. The average molecular weight is 1070 g/mol. The van der Waals surface area contributed by atoms with Gasteiger partial charge < -0.3 is 114 Å². The molecule has 31 atom stereocenters. The zero-order valence-electron chi connectivity index (χ0n) is 42.9. The van der Waals surface area contributed by atoms with Gasteiger partial charge in [0, 0.05) is 12.3 Å². The van der Waals surface area contributed by atoms with Gasteiger partial charge in [0.2, 0.25) is 0 Å². The van der Waals surface area contributed by atoms with Crippen molar-refractivity contribution >= 4 is 0 Å². The van der Waals surface area contributed by atoms with Gasteiger partial charge in [0.1, 0.15) is 97.7 Å². The molecule has 0 bridgehead atoms. The van der Waals surface area contributed by atoms with Crippen LogP contribution >= 0.6 is 0 Å². The fourth-order valence-corrected chi connectivity index (χ4v) is 15.2. The summed E-state index contributed by atoms with van der Waals surface area (Å²) in [5.74, 6) is 2.54. The van der Waals surface area contributed by atoms with Crippen LogP contribution in [0.15, 0.2) is 11.3 Å². The van der Waals surface area contributed by atoms with Crippen LogP contribution in [-0.2, 0) is 42.6 Å². The highest BCUT2D eigenvalue weighted by molar-refractivity contribution is 5.27. The highest BCUT2D eigenvalue weighted by Crippen LogP contribution is 2.70. The van der Waals surface area contributed by atoms with Crippen LogP contribution in [0.2, 0.25) is 0 Å². The van der Waals surface area contributed by atoms with Gasteiger partial charge in [-0.1, -0.05) is 20.8 Å². The van der Waals surface area contributed by atoms with Crippen molar-refractivity contribution < 1.29 is 114 Å². The predicted octanol–water partition coefficient (Wildman–Crippen LogP) is -3.01. The van der Waals surface area contributed by atoms with Crippen molar-refractivity contribution in [1.82, 2.24) is 0 Å². The summed E-state index contributed by atoms with van der Waals surface area (Å²) in [5, 5.41) is 149. The van der Waals surface area contributed by atoms with E-state index in [1.54, 1.807) is 0 Å². The summed E-state index contributed by atoms with van der Waals surface area (Å²) in [5.41, 5.74) is 1.03. The first-order valence-corrected chi connectivity index (χ1v) is 26.9. The van der Waals surface area contributed by atoms with Gasteiger partial charge in [0.25, 0.3) is 0 Å². The third kappa shape index (κ3) is 10.3. The van der Waals surface area contributed by atoms with Gasteiger partial charge in [-0.3, -0.25) is 0 Å². The first kappa shape index (κ1) is 57.3. The minimum Gasteiger partial charge on any atom is -0.494 e. The molecule has 0 spiro atoms. The molecule has 23 nitrogen and oxygen atoms in total. The molecule has 74 heavy (non-hydrogen) atoms. The van der Waals surface area contributed by atoms with E-state index in [4.69, 9.17) is 42.6 Å². The van der Waals surface area contributed by atoms with Crippen molar-refractivity contribution in [2.24, 2.45) is 46.3 Å². The molecule has 31 unspecified atom stereocenters. The Balaban J connectivity index is 0.866. The van der Waals surface area contributed by atoms with Gasteiger partial charge in [-0.05, 0) is 111 Å². The minimum atomic E-state index is -1.91. The second kappa shape index (κ2) is 22.7. The summed E-state index contributed by atoms with van der Waals surface area (Å²) >= 11 is 0. The van der Waals surface area contributed by atoms with E-state index in [1.165, 1.54) is 12.5 Å². The van der Waals surface area contributed by atoms with Crippen LogP contribution in [0, 0.1) is 46.3 Å². The van der Waals surface area contributed by atoms with Crippen LogP contribution in [0.25, 0.3) is 0 Å². The normalized spacial score (nSPS) is 53.9. The summed E-state index contributed by atoms with van der Waals surface area (Å²) in [4.78, 5) is 0. The Morgan fingerprint density at radius 2 is 1.16 bits per heavy atom. The van der Waals surface area contributed by atoms with Crippen LogP contribution in [-0.4, -0.2) is 239 Å². The molecule has 9 aliphatic rings. The van der Waals surface area contributed by atoms with E-state index < -0.39 is 155 Å². The van der Waals surface area contributed by atoms with E-state index in [0.717, 1.165) is 44.3 Å². The highest BCUT2D eigenvalue weighted by Gasteiger charge is 2.66. The number of hydrogen-bond acceptors (Lipinski definition) is 23. The Kier molecular flexibility index (Phi) is 17.6. The molecule has 0 aromatic heterocycles. The van der Waals surface area contributed by atoms with Crippen molar-refractivity contribution in [3.8, 4) is 0 Å². The third-order valence-corrected chi connectivity index (χ3v) is 19.5. The lowest BCUT2D eigenvalue weighted by Crippen LogP contribution is -2.67. The number of ether oxygens (including phenoxy) is 9. The lowest BCUT2D eigenvalue weighted by Gasteiger charge is -2.61. The number of fused-ring (bicyclic) bond motifs is 7. The zero-order chi connectivity index (χ0) is 53.5. The largest absolute Gasteiger partial charge is 0.494 e. The smallest absolute Gasteiger partial charge is 0.187 e. The summed E-state index contributed by atoms with van der Waals surface area (Å²) in [7, 11) is 0. The van der Waals surface area contributed by atoms with Crippen molar-refractivity contribution in [3.63, 3.8) is 0 Å². The van der Waals surface area contributed by atoms with Gasteiger partial charge >= 0.3 is 0 Å². The number of hydrogen-bond donors (Lipinski definition) is 14. The maximum absolute atomic E-state index is 12.2. The molecule has 5 heterocycles. The first-order valence-electron chi connectivity index (χ1n) is 26.9. The standard InChI is InChI=1S/C51H84O23/c1-19(18-66-46-41(63)39(61)35(57)30(15-52)70-46)6-9-27-20(2)33-29(68-27)13-25-23-8-7-22-12-28(26(55)14-51(22,5)24(23)10-11-50(25,33)4)69-49-45(74-47-42(64)38(60)34(56)21(3)67-47)44(37(59)32(17-54)72-49)73-48-43(65)40(62)36(58)31(16-53)71-48/h19,21-26,28-49,52-65H,6-18H2,1-5H3. The van der Waals surface area contributed by atoms with E-state index in [0.29, 0.717) is 37.0 Å². The lowest BCUT2D eigenvalue weighted by atomic mass is 9.44. The molecule has 5 aliphatic heterocycles. The Hall–Kier alpha value is -1.34. The first-order chi connectivity index (χ1) is 35.1. The van der Waals surface area contributed by atoms with Crippen molar-refractivity contribution in [2.75, 3.05) is 26.4 Å². The molecule has 426 valence electrons. The van der Waals surface area contributed by atoms with Gasteiger partial charge in [0.05, 0.1) is 50.5 Å². The SMILES string of the molecule is CC1=C(CCC(C)COC2OC(CO)C(O)C(O)C2O)OC2CC3C4CCC5CC(OC6OC(CO)C(O)C(OC7OC(CO)C(O)C(O)C7O)C6OC6OC(C)C(O)C(O)C6O)C(O)CC5(C)C4CCC3(C)C12. The van der Waals surface area contributed by atoms with Crippen LogP contribution in [0.5, 0.6) is 0 Å². The maximum atomic E-state index is 12.2. The van der Waals surface area contributed by atoms with E-state index >= 15 is 0 Å². The fourth-order valence-electron chi connectivity index (χ4n) is 15.2. The summed E-state index contributed by atoms with van der Waals surface area (Å²) in [6.07, 6.45) is -25.9. The number of rotatable bonds is 15. The molecule has 4 saturated carbocycles. The Labute approximate surface area is 430 Å². The molecular weight excluding hydrogens is 981 g/mol. The molecule has 0 radical (unpaired) electrons. The fraction of sp³-hybridized carbons (Fsp3) is 0.961. The molecule has 4 saturated heterocycles. The van der Waals surface area contributed by atoms with E-state index in [2.05, 4.69) is 20.8 Å². The zero-order valence-corrected chi connectivity index (χ0v) is 42.9. The predicted molar refractivity (Wildman–Crippen MR) is 250 cm³/mol. The second-order valence-electron chi connectivity index (χ2n) is 23.8. The van der Waals surface area contributed by atoms with E-state index in [-0.39, 0.29) is 41.3 Å². The van der Waals surface area contributed by atoms with Crippen LogP contribution in [0.3, 0.4) is 0 Å². The van der Waals surface area contributed by atoms with Crippen molar-refractivity contribution in [2.45, 2.75) is 234 Å². The van der Waals surface area contributed by atoms with Gasteiger partial charge in [-0.2, -0.15) is 0 Å². The molecule has 9 rings (SSSR count). The molecule has 23 heteroatoms. The Bertz CT molecular complexity index is 1910. The molecule has 0 amide bonds. The maximum Gasteiger partial charge on any atom is 0.187 e. The summed E-state index contributed by atoms with van der Waals surface area (Å²) in [6.45, 7) is 8.53. The van der Waals surface area contributed by atoms with Crippen molar-refractivity contribution in [1.29, 1.82) is 0 Å². The topological polar surface area (TPSA) is 366 Å². The minimum absolute atomic E-state index is 0.00848. The number of aliphatic hydroxyl groups excluding tert-OH is 14. The molecule has 0 aromatic carbocycles. The van der Waals surface area contributed by atoms with Crippen LogP contribution in [0.1, 0.15) is 92.4 Å². The molecular formula is C51H84O23. The van der Waals surface area contributed by atoms with Gasteiger partial charge in [0.15, 0.2) is 25.2 Å². The molecule has 4 aliphatic carbocycles. The third-order valence-electron chi connectivity index (χ3n) is 19.5. The highest BCUT2D eigenvalue weighted by atomic mass is 16.8. The number of aliphatic hydroxyl groups is 14. The summed E-state index contributed by atoms with van der Waals surface area (Å²) < 4.78 is 54.7. The van der Waals surface area contributed by atoms with E-state index in [1.807, 2.05) is 6.92 Å². The van der Waals surface area contributed by atoms with Crippen LogP contribution < -0.4 is 0 Å². The Morgan fingerprint density at radius 1 is 0.595 bits per heavy atom.